The van der Waals surface area contributed by atoms with Gasteiger partial charge >= 0.3 is 0 Å². The maximum absolute atomic E-state index is 9.80. The first-order valence-electron chi connectivity index (χ1n) is 6.48. The van der Waals surface area contributed by atoms with Gasteiger partial charge in [-0.3, -0.25) is 0 Å². The van der Waals surface area contributed by atoms with E-state index in [4.69, 9.17) is 4.74 Å². The molecule has 0 atom stereocenters. The third kappa shape index (κ3) is 9.77. The number of hydrogen-bond donors (Lipinski definition) is 0. The van der Waals surface area contributed by atoms with Gasteiger partial charge in [0.1, 0.15) is 5.75 Å². The Labute approximate surface area is 119 Å². The molecule has 5 nitrogen and oxygen atoms in total. The average molecular weight is 276 g/mol. The molecule has 0 spiro atoms. The predicted molar refractivity (Wildman–Crippen MR) is 77.6 cm³/mol. The fourth-order valence-corrected chi connectivity index (χ4v) is 1.39. The molecule has 0 unspecified atom stereocenters. The Balaban J connectivity index is 0.000000511. The van der Waals surface area contributed by atoms with Gasteiger partial charge in [0.25, 0.3) is 0 Å². The fourth-order valence-electron chi connectivity index (χ4n) is 1.39. The summed E-state index contributed by atoms with van der Waals surface area (Å²) in [6.45, 7) is 3.12. The van der Waals surface area contributed by atoms with Gasteiger partial charge in [0, 0.05) is 0 Å². The van der Waals surface area contributed by atoms with Gasteiger partial charge in [-0.2, -0.15) is 0 Å². The molecule has 0 heterocycles. The van der Waals surface area contributed by atoms with Crippen LogP contribution in [-0.2, 0) is 16.0 Å². The summed E-state index contributed by atoms with van der Waals surface area (Å²) in [5.41, 5.74) is 1.20. The Kier molecular flexibility index (Phi) is 11.8. The van der Waals surface area contributed by atoms with E-state index in [0.29, 0.717) is 13.1 Å². The molecule has 0 saturated carbocycles. The lowest BCUT2D eigenvalue weighted by molar-refractivity contribution is 0.414. The van der Waals surface area contributed by atoms with Crippen LogP contribution in [0.3, 0.4) is 0 Å². The van der Waals surface area contributed by atoms with E-state index in [-0.39, 0.29) is 0 Å². The van der Waals surface area contributed by atoms with Gasteiger partial charge < -0.3 is 4.74 Å². The molecule has 20 heavy (non-hydrogen) atoms. The van der Waals surface area contributed by atoms with Crippen molar-refractivity contribution in [1.82, 2.24) is 0 Å². The second kappa shape index (κ2) is 13.2. The van der Waals surface area contributed by atoms with Crippen molar-refractivity contribution < 1.29 is 14.3 Å². The van der Waals surface area contributed by atoms with E-state index in [1.165, 1.54) is 17.7 Å². The van der Waals surface area contributed by atoms with Gasteiger partial charge in [0.15, 0.2) is 0 Å². The minimum absolute atomic E-state index is 0.542. The molecule has 0 N–H and O–H groups in total. The van der Waals surface area contributed by atoms with Crippen LogP contribution < -0.4 is 4.74 Å². The Morgan fingerprint density at radius 1 is 1.15 bits per heavy atom. The Morgan fingerprint density at radius 2 is 1.85 bits per heavy atom. The van der Waals surface area contributed by atoms with E-state index in [9.17, 15) is 9.59 Å². The van der Waals surface area contributed by atoms with Crippen molar-refractivity contribution in [3.8, 4) is 5.75 Å². The number of aryl methyl sites for hydroxylation is 1. The summed E-state index contributed by atoms with van der Waals surface area (Å²) < 4.78 is 5.10. The first-order valence-corrected chi connectivity index (χ1v) is 6.48. The van der Waals surface area contributed by atoms with Crippen molar-refractivity contribution in [2.24, 2.45) is 9.98 Å². The molecule has 1 aromatic rings. The second-order valence-electron chi connectivity index (χ2n) is 3.90. The largest absolute Gasteiger partial charge is 0.497 e. The van der Waals surface area contributed by atoms with E-state index >= 15 is 0 Å². The number of methoxy groups -OCH3 is 1. The average Bonchev–Trinajstić information content (AvgIpc) is 2.50. The van der Waals surface area contributed by atoms with E-state index in [1.54, 1.807) is 7.11 Å². The first kappa shape index (κ1) is 17.8. The van der Waals surface area contributed by atoms with Crippen LogP contribution in [0, 0.1) is 0 Å². The van der Waals surface area contributed by atoms with Crippen molar-refractivity contribution >= 4 is 12.2 Å². The highest BCUT2D eigenvalue weighted by molar-refractivity contribution is 5.33. The van der Waals surface area contributed by atoms with E-state index in [1.807, 2.05) is 31.2 Å². The lowest BCUT2D eigenvalue weighted by Gasteiger charge is -2.02. The molecule has 0 fully saturated rings. The van der Waals surface area contributed by atoms with Crippen LogP contribution >= 0.6 is 0 Å². The van der Waals surface area contributed by atoms with Gasteiger partial charge in [-0.25, -0.2) is 19.6 Å². The molecule has 1 aromatic carbocycles. The maximum atomic E-state index is 9.80. The molecule has 1 rings (SSSR count). The van der Waals surface area contributed by atoms with Crippen LogP contribution in [0.15, 0.2) is 34.3 Å². The van der Waals surface area contributed by atoms with Crippen molar-refractivity contribution in [1.29, 1.82) is 0 Å². The highest BCUT2D eigenvalue weighted by Gasteiger charge is 1.95. The lowest BCUT2D eigenvalue weighted by atomic mass is 10.1. The fraction of sp³-hybridized carbons (Fsp3) is 0.467. The van der Waals surface area contributed by atoms with Crippen LogP contribution in [0.1, 0.15) is 25.3 Å². The number of isocyanates is 2. The molecule has 0 amide bonds. The van der Waals surface area contributed by atoms with Crippen molar-refractivity contribution in [3.63, 3.8) is 0 Å². The minimum Gasteiger partial charge on any atom is -0.497 e. The summed E-state index contributed by atoms with van der Waals surface area (Å²) in [6, 6.07) is 7.89. The lowest BCUT2D eigenvalue weighted by Crippen LogP contribution is -1.90. The number of aliphatic imine (C=N–C) groups is 2. The van der Waals surface area contributed by atoms with Gasteiger partial charge in [-0.05, 0) is 37.0 Å². The quantitative estimate of drug-likeness (QED) is 0.437. The monoisotopic (exact) mass is 276 g/mol. The van der Waals surface area contributed by atoms with Gasteiger partial charge in [0.05, 0.1) is 20.2 Å². The highest BCUT2D eigenvalue weighted by Crippen LogP contribution is 2.13. The van der Waals surface area contributed by atoms with Crippen molar-refractivity contribution in [2.75, 3.05) is 20.2 Å². The normalized spacial score (nSPS) is 8.50. The Hall–Kier alpha value is -2.22. The van der Waals surface area contributed by atoms with Gasteiger partial charge in [-0.15, -0.1) is 0 Å². The summed E-state index contributed by atoms with van der Waals surface area (Å²) in [4.78, 5) is 25.9. The molecule has 0 aromatic heterocycles. The summed E-state index contributed by atoms with van der Waals surface area (Å²) in [7, 11) is 1.65. The SMILES string of the molecule is CCCN=C=O.COc1cccc(CCCN=C=O)c1. The molecule has 0 aliphatic heterocycles. The second-order valence-corrected chi connectivity index (χ2v) is 3.90. The number of benzene rings is 1. The molecular formula is C15H20N2O3. The number of carbonyl (C=O) groups excluding carboxylic acids is 2. The molecular weight excluding hydrogens is 256 g/mol. The smallest absolute Gasteiger partial charge is 0.234 e. The zero-order chi connectivity index (χ0) is 15.1. The van der Waals surface area contributed by atoms with Gasteiger partial charge in [-0.1, -0.05) is 19.1 Å². The molecule has 0 saturated heterocycles. The molecule has 0 radical (unpaired) electrons. The third-order valence-electron chi connectivity index (χ3n) is 2.33. The van der Waals surface area contributed by atoms with Crippen LogP contribution in [0.25, 0.3) is 0 Å². The molecule has 0 aliphatic carbocycles. The van der Waals surface area contributed by atoms with Gasteiger partial charge in [0.2, 0.25) is 12.2 Å². The Bertz CT molecular complexity index is 462. The summed E-state index contributed by atoms with van der Waals surface area (Å²) >= 11 is 0. The summed E-state index contributed by atoms with van der Waals surface area (Å²) in [5, 5.41) is 0. The zero-order valence-electron chi connectivity index (χ0n) is 12.0. The van der Waals surface area contributed by atoms with E-state index < -0.39 is 0 Å². The number of ether oxygens (including phenoxy) is 1. The first-order chi connectivity index (χ1) is 9.78. The predicted octanol–water partition coefficient (Wildman–Crippen LogP) is 2.70. The van der Waals surface area contributed by atoms with E-state index in [0.717, 1.165) is 25.0 Å². The van der Waals surface area contributed by atoms with Crippen LogP contribution in [0.2, 0.25) is 0 Å². The zero-order valence-corrected chi connectivity index (χ0v) is 12.0. The minimum atomic E-state index is 0.542. The standard InChI is InChI=1S/C11H13NO2.C4H7NO/c1-14-11-6-2-4-10(8-11)5-3-7-12-9-13;1-2-3-5-4-6/h2,4,6,8H,3,5,7H2,1H3;2-3H2,1H3. The Morgan fingerprint density at radius 3 is 2.40 bits per heavy atom. The maximum Gasteiger partial charge on any atom is 0.234 e. The number of hydrogen-bond acceptors (Lipinski definition) is 5. The van der Waals surface area contributed by atoms with Crippen LogP contribution in [0.4, 0.5) is 0 Å². The topological polar surface area (TPSA) is 68.1 Å². The highest BCUT2D eigenvalue weighted by atomic mass is 16.5. The number of nitrogens with zero attached hydrogens (tertiary/aromatic N) is 2. The van der Waals surface area contributed by atoms with Crippen molar-refractivity contribution in [3.05, 3.63) is 29.8 Å². The molecule has 0 bridgehead atoms. The third-order valence-corrected chi connectivity index (χ3v) is 2.33. The van der Waals surface area contributed by atoms with Crippen molar-refractivity contribution in [2.45, 2.75) is 26.2 Å². The summed E-state index contributed by atoms with van der Waals surface area (Å²) in [6.07, 6.45) is 5.66. The van der Waals surface area contributed by atoms with Crippen LogP contribution in [0.5, 0.6) is 5.75 Å². The van der Waals surface area contributed by atoms with Crippen LogP contribution in [-0.4, -0.2) is 32.4 Å². The molecule has 0 aliphatic rings. The van der Waals surface area contributed by atoms with E-state index in [2.05, 4.69) is 9.98 Å². The molecule has 108 valence electrons. The molecule has 5 heteroatoms. The summed E-state index contributed by atoms with van der Waals surface area (Å²) in [5.74, 6) is 0.862. The number of rotatable bonds is 7.